The predicted molar refractivity (Wildman–Crippen MR) is 139 cm³/mol. The van der Waals surface area contributed by atoms with Gasteiger partial charge in [-0.15, -0.1) is 11.3 Å². The molecule has 0 aliphatic carbocycles. The average Bonchev–Trinajstić information content (AvgIpc) is 3.45. The number of carbonyl (C=O) groups is 1. The lowest BCUT2D eigenvalue weighted by Crippen LogP contribution is -2.49. The molecule has 0 unspecified atom stereocenters. The molecule has 3 heterocycles. The molecule has 36 heavy (non-hydrogen) atoms. The van der Waals surface area contributed by atoms with Crippen LogP contribution in [0.15, 0.2) is 70.8 Å². The molecule has 4 aromatic rings. The maximum atomic E-state index is 13.6. The van der Waals surface area contributed by atoms with E-state index < -0.39 is 16.2 Å². The number of methoxy groups -OCH3 is 1. The second-order valence-corrected chi connectivity index (χ2v) is 9.42. The van der Waals surface area contributed by atoms with Crippen LogP contribution in [0.3, 0.4) is 0 Å². The molecule has 0 saturated carbocycles. The molecule has 0 N–H and O–H groups in total. The summed E-state index contributed by atoms with van der Waals surface area (Å²) in [6.45, 7) is 1.80. The SMILES string of the molecule is COc1ccc(Cn2c(=O)c([N+](=O)[O-])c(N3CCN(C(=O)c4cccs4)CC3)c3ccccc32)cc1. The molecule has 0 bridgehead atoms. The number of benzene rings is 2. The molecule has 2 aromatic carbocycles. The van der Waals surface area contributed by atoms with Crippen LogP contribution in [-0.2, 0) is 6.54 Å². The number of anilines is 1. The van der Waals surface area contributed by atoms with Crippen LogP contribution < -0.4 is 15.2 Å². The van der Waals surface area contributed by atoms with Crippen LogP contribution in [0.25, 0.3) is 10.9 Å². The Labute approximate surface area is 210 Å². The van der Waals surface area contributed by atoms with Crippen molar-refractivity contribution >= 4 is 39.5 Å². The van der Waals surface area contributed by atoms with Gasteiger partial charge in [0.15, 0.2) is 0 Å². The Morgan fingerprint density at radius 3 is 2.39 bits per heavy atom. The van der Waals surface area contributed by atoms with Crippen molar-refractivity contribution in [2.45, 2.75) is 6.54 Å². The number of pyridine rings is 1. The number of nitrogens with zero attached hydrogens (tertiary/aromatic N) is 4. The Morgan fingerprint density at radius 1 is 1.03 bits per heavy atom. The molecule has 2 aromatic heterocycles. The molecular formula is C26H24N4O5S. The van der Waals surface area contributed by atoms with Crippen LogP contribution in [0.4, 0.5) is 11.4 Å². The van der Waals surface area contributed by atoms with Crippen molar-refractivity contribution < 1.29 is 14.5 Å². The zero-order valence-corrected chi connectivity index (χ0v) is 20.4. The minimum Gasteiger partial charge on any atom is -0.497 e. The Hall–Kier alpha value is -4.18. The third-order valence-corrected chi connectivity index (χ3v) is 7.28. The van der Waals surface area contributed by atoms with E-state index in [0.717, 1.165) is 5.56 Å². The smallest absolute Gasteiger partial charge is 0.357 e. The lowest BCUT2D eigenvalue weighted by atomic mass is 10.1. The van der Waals surface area contributed by atoms with Gasteiger partial charge in [0.2, 0.25) is 0 Å². The second kappa shape index (κ2) is 9.82. The molecule has 0 atom stereocenters. The highest BCUT2D eigenvalue weighted by Crippen LogP contribution is 2.34. The number of para-hydroxylation sites is 1. The van der Waals surface area contributed by atoms with Gasteiger partial charge in [0.1, 0.15) is 11.4 Å². The summed E-state index contributed by atoms with van der Waals surface area (Å²) in [7, 11) is 1.58. The number of thiophene rings is 1. The van der Waals surface area contributed by atoms with Gasteiger partial charge >= 0.3 is 11.2 Å². The second-order valence-electron chi connectivity index (χ2n) is 8.47. The van der Waals surface area contributed by atoms with Crippen molar-refractivity contribution in [3.05, 3.63) is 97.0 Å². The van der Waals surface area contributed by atoms with E-state index in [2.05, 4.69) is 0 Å². The summed E-state index contributed by atoms with van der Waals surface area (Å²) in [6, 6.07) is 18.1. The lowest BCUT2D eigenvalue weighted by Gasteiger charge is -2.36. The highest BCUT2D eigenvalue weighted by Gasteiger charge is 2.32. The number of piperazine rings is 1. The van der Waals surface area contributed by atoms with E-state index >= 15 is 0 Å². The van der Waals surface area contributed by atoms with Crippen LogP contribution in [0.5, 0.6) is 5.75 Å². The minimum atomic E-state index is -0.651. The number of carbonyl (C=O) groups excluding carboxylic acids is 1. The summed E-state index contributed by atoms with van der Waals surface area (Å²) in [5, 5.41) is 14.7. The summed E-state index contributed by atoms with van der Waals surface area (Å²) in [5.74, 6) is 0.646. The Morgan fingerprint density at radius 2 is 1.75 bits per heavy atom. The molecule has 0 spiro atoms. The van der Waals surface area contributed by atoms with Gasteiger partial charge in [-0.25, -0.2) is 0 Å². The first-order valence-electron chi connectivity index (χ1n) is 11.5. The van der Waals surface area contributed by atoms with Crippen molar-refractivity contribution in [1.29, 1.82) is 0 Å². The molecule has 1 amide bonds. The number of fused-ring (bicyclic) bond motifs is 1. The molecule has 0 radical (unpaired) electrons. The number of nitro groups is 1. The van der Waals surface area contributed by atoms with E-state index in [1.54, 1.807) is 30.2 Å². The van der Waals surface area contributed by atoms with Crippen molar-refractivity contribution in [3.8, 4) is 5.75 Å². The van der Waals surface area contributed by atoms with Gasteiger partial charge in [0.05, 0.1) is 29.0 Å². The molecule has 1 aliphatic rings. The lowest BCUT2D eigenvalue weighted by molar-refractivity contribution is -0.385. The minimum absolute atomic E-state index is 0.0427. The number of hydrogen-bond donors (Lipinski definition) is 0. The van der Waals surface area contributed by atoms with E-state index in [4.69, 9.17) is 4.74 Å². The Bertz CT molecular complexity index is 1470. The monoisotopic (exact) mass is 504 g/mol. The highest BCUT2D eigenvalue weighted by atomic mass is 32.1. The van der Waals surface area contributed by atoms with Crippen LogP contribution in [0.1, 0.15) is 15.2 Å². The normalized spacial score (nSPS) is 13.7. The fourth-order valence-corrected chi connectivity index (χ4v) is 5.31. The van der Waals surface area contributed by atoms with Crippen molar-refractivity contribution in [1.82, 2.24) is 9.47 Å². The van der Waals surface area contributed by atoms with Crippen molar-refractivity contribution in [2.24, 2.45) is 0 Å². The molecule has 10 heteroatoms. The average molecular weight is 505 g/mol. The molecule has 9 nitrogen and oxygen atoms in total. The third-order valence-electron chi connectivity index (χ3n) is 6.42. The number of aromatic nitrogens is 1. The van der Waals surface area contributed by atoms with E-state index in [1.807, 2.05) is 52.7 Å². The number of amides is 1. The van der Waals surface area contributed by atoms with E-state index in [-0.39, 0.29) is 12.5 Å². The van der Waals surface area contributed by atoms with Gasteiger partial charge in [-0.3, -0.25) is 24.3 Å². The van der Waals surface area contributed by atoms with Crippen LogP contribution in [-0.4, -0.2) is 53.6 Å². The largest absolute Gasteiger partial charge is 0.497 e. The Balaban J connectivity index is 1.53. The van der Waals surface area contributed by atoms with Gasteiger partial charge in [0, 0.05) is 31.6 Å². The van der Waals surface area contributed by atoms with E-state index in [0.29, 0.717) is 53.4 Å². The van der Waals surface area contributed by atoms with Crippen LogP contribution in [0.2, 0.25) is 0 Å². The zero-order valence-electron chi connectivity index (χ0n) is 19.6. The van der Waals surface area contributed by atoms with Gasteiger partial charge in [-0.05, 0) is 35.2 Å². The fraction of sp³-hybridized carbons (Fsp3) is 0.231. The predicted octanol–water partition coefficient (Wildman–Crippen LogP) is 3.99. The maximum Gasteiger partial charge on any atom is 0.357 e. The number of hydrogen-bond acceptors (Lipinski definition) is 7. The first-order chi connectivity index (χ1) is 17.5. The molecule has 1 fully saturated rings. The molecular weight excluding hydrogens is 480 g/mol. The standard InChI is InChI=1S/C26H24N4O5S/c1-35-19-10-8-18(9-11-19)17-29-21-6-3-2-5-20(21)23(24(26(29)32)30(33)34)27-12-14-28(15-13-27)25(31)22-7-4-16-36-22/h2-11,16H,12-15,17H2,1H3. The molecule has 184 valence electrons. The van der Waals surface area contributed by atoms with Crippen LogP contribution >= 0.6 is 11.3 Å². The van der Waals surface area contributed by atoms with Gasteiger partial charge in [-0.2, -0.15) is 0 Å². The summed E-state index contributed by atoms with van der Waals surface area (Å²) in [6.07, 6.45) is 0. The molecule has 1 saturated heterocycles. The van der Waals surface area contributed by atoms with Gasteiger partial charge in [-0.1, -0.05) is 36.4 Å². The van der Waals surface area contributed by atoms with Crippen LogP contribution in [0, 0.1) is 10.1 Å². The van der Waals surface area contributed by atoms with E-state index in [1.165, 1.54) is 15.9 Å². The fourth-order valence-electron chi connectivity index (χ4n) is 4.62. The summed E-state index contributed by atoms with van der Waals surface area (Å²) >= 11 is 1.39. The van der Waals surface area contributed by atoms with E-state index in [9.17, 15) is 19.7 Å². The topological polar surface area (TPSA) is 97.9 Å². The number of ether oxygens (including phenoxy) is 1. The maximum absolute atomic E-state index is 13.6. The zero-order chi connectivity index (χ0) is 25.2. The van der Waals surface area contributed by atoms with Crippen molar-refractivity contribution in [3.63, 3.8) is 0 Å². The van der Waals surface area contributed by atoms with Gasteiger partial charge in [0.25, 0.3) is 5.91 Å². The number of rotatable bonds is 6. The van der Waals surface area contributed by atoms with Crippen molar-refractivity contribution in [2.75, 3.05) is 38.2 Å². The highest BCUT2D eigenvalue weighted by molar-refractivity contribution is 7.12. The summed E-state index contributed by atoms with van der Waals surface area (Å²) in [5.41, 5.74) is 0.665. The summed E-state index contributed by atoms with van der Waals surface area (Å²) < 4.78 is 6.66. The third kappa shape index (κ3) is 4.31. The molecule has 5 rings (SSSR count). The Kier molecular flexibility index (Phi) is 6.43. The summed E-state index contributed by atoms with van der Waals surface area (Å²) in [4.78, 5) is 42.2. The van der Waals surface area contributed by atoms with Gasteiger partial charge < -0.3 is 14.5 Å². The quantitative estimate of drug-likeness (QED) is 0.291. The molecule has 1 aliphatic heterocycles. The first-order valence-corrected chi connectivity index (χ1v) is 12.4. The first kappa shape index (κ1) is 23.6.